The van der Waals surface area contributed by atoms with Gasteiger partial charge in [0.1, 0.15) is 5.76 Å². The zero-order valence-corrected chi connectivity index (χ0v) is 16.7. The van der Waals surface area contributed by atoms with Gasteiger partial charge in [0.05, 0.1) is 11.6 Å². The molecule has 1 heterocycles. The highest BCUT2D eigenvalue weighted by Gasteiger charge is 2.46. The summed E-state index contributed by atoms with van der Waals surface area (Å²) in [5.74, 6) is -1.41. The number of methoxy groups -OCH3 is 1. The van der Waals surface area contributed by atoms with E-state index in [1.807, 2.05) is 48.5 Å². The van der Waals surface area contributed by atoms with Gasteiger partial charge in [-0.3, -0.25) is 9.59 Å². The van der Waals surface area contributed by atoms with Crippen molar-refractivity contribution >= 4 is 28.2 Å². The lowest BCUT2D eigenvalue weighted by molar-refractivity contribution is -0.140. The van der Waals surface area contributed by atoms with E-state index in [0.717, 1.165) is 16.3 Å². The Bertz CT molecular complexity index is 1110. The van der Waals surface area contributed by atoms with Crippen molar-refractivity contribution in [1.29, 1.82) is 0 Å². The molecule has 1 saturated heterocycles. The zero-order valence-electron chi connectivity index (χ0n) is 16.7. The van der Waals surface area contributed by atoms with Crippen LogP contribution < -0.4 is 0 Å². The van der Waals surface area contributed by atoms with Crippen LogP contribution in [0.3, 0.4) is 0 Å². The first-order chi connectivity index (χ1) is 14.6. The number of aliphatic hydroxyl groups is 1. The van der Waals surface area contributed by atoms with E-state index in [4.69, 9.17) is 4.74 Å². The minimum Gasteiger partial charge on any atom is -0.507 e. The Balaban J connectivity index is 1.92. The van der Waals surface area contributed by atoms with Gasteiger partial charge in [0, 0.05) is 25.8 Å². The quantitative estimate of drug-likeness (QED) is 0.289. The number of fused-ring (bicyclic) bond motifs is 1. The summed E-state index contributed by atoms with van der Waals surface area (Å²) in [5, 5.41) is 13.0. The van der Waals surface area contributed by atoms with Crippen molar-refractivity contribution in [2.24, 2.45) is 0 Å². The number of carbonyl (C=O) groups excluding carboxylic acids is 2. The summed E-state index contributed by atoms with van der Waals surface area (Å²) in [5.41, 5.74) is 1.46. The fourth-order valence-electron chi connectivity index (χ4n) is 4.05. The maximum Gasteiger partial charge on any atom is 0.295 e. The van der Waals surface area contributed by atoms with Crippen molar-refractivity contribution in [3.8, 4) is 0 Å². The minimum absolute atomic E-state index is 0.125. The van der Waals surface area contributed by atoms with Gasteiger partial charge in [-0.25, -0.2) is 0 Å². The second-order valence-electron chi connectivity index (χ2n) is 7.27. The molecule has 3 aromatic rings. The number of hydrogen-bond donors (Lipinski definition) is 1. The van der Waals surface area contributed by atoms with E-state index in [1.165, 1.54) is 0 Å². The highest BCUT2D eigenvalue weighted by molar-refractivity contribution is 6.46. The molecular weight excluding hydrogens is 378 g/mol. The van der Waals surface area contributed by atoms with E-state index >= 15 is 0 Å². The molecule has 5 heteroatoms. The number of likely N-dealkylation sites (tertiary alicyclic amines) is 1. The maximum atomic E-state index is 13.0. The summed E-state index contributed by atoms with van der Waals surface area (Å²) in [6, 6.07) is 21.9. The lowest BCUT2D eigenvalue weighted by Gasteiger charge is -2.26. The Hall–Kier alpha value is -3.44. The average Bonchev–Trinajstić information content (AvgIpc) is 3.04. The number of ether oxygens (including phenoxy) is 1. The van der Waals surface area contributed by atoms with Gasteiger partial charge in [-0.2, -0.15) is 0 Å². The van der Waals surface area contributed by atoms with E-state index in [0.29, 0.717) is 25.1 Å². The molecule has 1 unspecified atom stereocenters. The topological polar surface area (TPSA) is 66.8 Å². The summed E-state index contributed by atoms with van der Waals surface area (Å²) in [6.07, 6.45) is 0.593. The SMILES string of the molecule is COCCCN1C(=O)C(=O)/C(=C(/O)c2ccccc2)C1c1cccc2ccccc12. The van der Waals surface area contributed by atoms with Crippen molar-refractivity contribution in [2.75, 3.05) is 20.3 Å². The molecule has 1 aliphatic heterocycles. The third-order valence-electron chi connectivity index (χ3n) is 5.45. The molecule has 1 fully saturated rings. The van der Waals surface area contributed by atoms with Crippen molar-refractivity contribution in [2.45, 2.75) is 12.5 Å². The molecule has 1 atom stereocenters. The van der Waals surface area contributed by atoms with Gasteiger partial charge in [0.15, 0.2) is 0 Å². The summed E-state index contributed by atoms with van der Waals surface area (Å²) in [7, 11) is 1.60. The standard InChI is InChI=1S/C25H23NO4/c1-30-16-8-15-26-22(20-14-7-12-17-9-5-6-13-19(17)20)21(24(28)25(26)29)23(27)18-10-3-2-4-11-18/h2-7,9-14,22,27H,8,15-16H2,1H3/b23-21+. The van der Waals surface area contributed by atoms with Crippen LogP contribution in [-0.4, -0.2) is 42.0 Å². The van der Waals surface area contributed by atoms with Crippen molar-refractivity contribution in [3.05, 3.63) is 89.5 Å². The maximum absolute atomic E-state index is 13.0. The molecule has 1 aliphatic rings. The van der Waals surface area contributed by atoms with Gasteiger partial charge in [-0.15, -0.1) is 0 Å². The molecule has 3 aromatic carbocycles. The molecular formula is C25H23NO4. The van der Waals surface area contributed by atoms with Gasteiger partial charge >= 0.3 is 0 Å². The van der Waals surface area contributed by atoms with Crippen LogP contribution in [0, 0.1) is 0 Å². The molecule has 5 nitrogen and oxygen atoms in total. The fourth-order valence-corrected chi connectivity index (χ4v) is 4.05. The summed E-state index contributed by atoms with van der Waals surface area (Å²) < 4.78 is 5.13. The van der Waals surface area contributed by atoms with E-state index in [2.05, 4.69) is 0 Å². The number of ketones is 1. The first-order valence-corrected chi connectivity index (χ1v) is 9.94. The fraction of sp³-hybridized carbons (Fsp3) is 0.200. The second kappa shape index (κ2) is 8.51. The summed E-state index contributed by atoms with van der Waals surface area (Å²) >= 11 is 0. The minimum atomic E-state index is -0.660. The molecule has 0 aliphatic carbocycles. The van der Waals surface area contributed by atoms with Crippen LogP contribution in [0.2, 0.25) is 0 Å². The molecule has 0 bridgehead atoms. The number of aliphatic hydroxyl groups excluding tert-OH is 1. The molecule has 0 aromatic heterocycles. The average molecular weight is 401 g/mol. The van der Waals surface area contributed by atoms with E-state index in [1.54, 1.807) is 36.3 Å². The van der Waals surface area contributed by atoms with E-state index < -0.39 is 17.7 Å². The van der Waals surface area contributed by atoms with Gasteiger partial charge in [0.2, 0.25) is 0 Å². The monoisotopic (exact) mass is 401 g/mol. The number of carbonyl (C=O) groups is 2. The molecule has 0 spiro atoms. The normalized spacial score (nSPS) is 18.3. The number of Topliss-reactive ketones (excluding diaryl/α,β-unsaturated/α-hetero) is 1. The van der Waals surface area contributed by atoms with Gasteiger partial charge in [0.25, 0.3) is 11.7 Å². The lowest BCUT2D eigenvalue weighted by atomic mass is 9.91. The first-order valence-electron chi connectivity index (χ1n) is 9.94. The van der Waals surface area contributed by atoms with Crippen molar-refractivity contribution < 1.29 is 19.4 Å². The number of benzene rings is 3. The van der Waals surface area contributed by atoms with Crippen LogP contribution in [0.25, 0.3) is 16.5 Å². The molecule has 1 amide bonds. The van der Waals surface area contributed by atoms with Crippen LogP contribution in [0.15, 0.2) is 78.4 Å². The third kappa shape index (κ3) is 3.48. The molecule has 0 radical (unpaired) electrons. The van der Waals surface area contributed by atoms with E-state index in [-0.39, 0.29) is 11.3 Å². The smallest absolute Gasteiger partial charge is 0.295 e. The van der Waals surface area contributed by atoms with Gasteiger partial charge in [-0.05, 0) is 22.8 Å². The second-order valence-corrected chi connectivity index (χ2v) is 7.27. The van der Waals surface area contributed by atoms with Crippen LogP contribution >= 0.6 is 0 Å². The van der Waals surface area contributed by atoms with Gasteiger partial charge < -0.3 is 14.7 Å². The molecule has 1 N–H and O–H groups in total. The van der Waals surface area contributed by atoms with Crippen LogP contribution in [0.5, 0.6) is 0 Å². The number of rotatable bonds is 6. The molecule has 152 valence electrons. The Morgan fingerprint density at radius 2 is 1.67 bits per heavy atom. The Morgan fingerprint density at radius 3 is 2.43 bits per heavy atom. The zero-order chi connectivity index (χ0) is 21.1. The van der Waals surface area contributed by atoms with E-state index in [9.17, 15) is 14.7 Å². The Kier molecular flexibility index (Phi) is 5.63. The molecule has 4 rings (SSSR count). The summed E-state index contributed by atoms with van der Waals surface area (Å²) in [4.78, 5) is 27.6. The highest BCUT2D eigenvalue weighted by atomic mass is 16.5. The number of nitrogens with zero attached hydrogens (tertiary/aromatic N) is 1. The Labute approximate surface area is 175 Å². The Morgan fingerprint density at radius 1 is 0.967 bits per heavy atom. The lowest BCUT2D eigenvalue weighted by Crippen LogP contribution is -2.31. The van der Waals surface area contributed by atoms with Crippen LogP contribution in [0.1, 0.15) is 23.6 Å². The molecule has 30 heavy (non-hydrogen) atoms. The largest absolute Gasteiger partial charge is 0.507 e. The predicted molar refractivity (Wildman–Crippen MR) is 116 cm³/mol. The third-order valence-corrected chi connectivity index (χ3v) is 5.45. The van der Waals surface area contributed by atoms with Crippen molar-refractivity contribution in [3.63, 3.8) is 0 Å². The van der Waals surface area contributed by atoms with Crippen LogP contribution in [-0.2, 0) is 14.3 Å². The predicted octanol–water partition coefficient (Wildman–Crippen LogP) is 4.30. The molecule has 0 saturated carbocycles. The number of amides is 1. The van der Waals surface area contributed by atoms with Crippen LogP contribution in [0.4, 0.5) is 0 Å². The van der Waals surface area contributed by atoms with Gasteiger partial charge in [-0.1, -0.05) is 72.8 Å². The van der Waals surface area contributed by atoms with Crippen molar-refractivity contribution in [1.82, 2.24) is 4.90 Å². The summed E-state index contributed by atoms with van der Waals surface area (Å²) in [6.45, 7) is 0.835. The number of hydrogen-bond acceptors (Lipinski definition) is 4. The first kappa shape index (κ1) is 19.9. The highest BCUT2D eigenvalue weighted by Crippen LogP contribution is 2.41.